The molecule has 0 aliphatic carbocycles. The van der Waals surface area contributed by atoms with Gasteiger partial charge in [0.1, 0.15) is 0 Å². The van der Waals surface area contributed by atoms with Gasteiger partial charge < -0.3 is 9.47 Å². The van der Waals surface area contributed by atoms with Crippen LogP contribution in [-0.4, -0.2) is 4.57 Å². The first-order chi connectivity index (χ1) is 25.3. The Morgan fingerprint density at radius 3 is 1.45 bits per heavy atom. The zero-order valence-corrected chi connectivity index (χ0v) is 28.6. The first-order valence-electron chi connectivity index (χ1n) is 17.4. The maximum atomic E-state index is 2.42. The lowest BCUT2D eigenvalue weighted by Gasteiger charge is -2.26. The van der Waals surface area contributed by atoms with Crippen molar-refractivity contribution in [2.75, 3.05) is 4.90 Å². The van der Waals surface area contributed by atoms with E-state index in [1.54, 1.807) is 0 Å². The Morgan fingerprint density at radius 2 is 0.843 bits per heavy atom. The fraction of sp³-hybridized carbons (Fsp3) is 0. The summed E-state index contributed by atoms with van der Waals surface area (Å²) in [6, 6.07) is 70.1. The van der Waals surface area contributed by atoms with Crippen LogP contribution in [0.3, 0.4) is 0 Å². The Balaban J connectivity index is 1.09. The Bertz CT molecular complexity index is 2730. The van der Waals surface area contributed by atoms with Gasteiger partial charge in [-0.3, -0.25) is 0 Å². The number of anilines is 3. The van der Waals surface area contributed by atoms with Gasteiger partial charge in [0, 0.05) is 53.7 Å². The van der Waals surface area contributed by atoms with Crippen LogP contribution in [0.25, 0.3) is 69.9 Å². The molecule has 2 aromatic heterocycles. The normalized spacial score (nSPS) is 11.5. The third kappa shape index (κ3) is 5.01. The number of rotatable bonds is 6. The van der Waals surface area contributed by atoms with E-state index in [2.05, 4.69) is 204 Å². The molecule has 0 atom stereocenters. The molecule has 0 N–H and O–H groups in total. The standard InChI is InChI=1S/C48H32N2S/c1-3-11-33(12-4-1)35-19-23-37(24-20-35)49(38-25-21-36(22-26-38)34-13-5-2-6-14-34)39-27-29-40(30-28-39)50-44-17-9-7-16-43(44)47-45(50)32-31-42-41-15-8-10-18-46(41)51-48(42)47/h1-32H. The van der Waals surface area contributed by atoms with Gasteiger partial charge in [0.2, 0.25) is 0 Å². The third-order valence-corrected chi connectivity index (χ3v) is 11.2. The summed E-state index contributed by atoms with van der Waals surface area (Å²) in [7, 11) is 0. The van der Waals surface area contributed by atoms with Crippen LogP contribution in [0.15, 0.2) is 194 Å². The van der Waals surface area contributed by atoms with Crippen molar-refractivity contribution in [1.82, 2.24) is 4.57 Å². The number of nitrogens with zero attached hydrogens (tertiary/aromatic N) is 2. The smallest absolute Gasteiger partial charge is 0.0555 e. The van der Waals surface area contributed by atoms with Crippen molar-refractivity contribution >= 4 is 70.4 Å². The minimum Gasteiger partial charge on any atom is -0.311 e. The van der Waals surface area contributed by atoms with E-state index in [4.69, 9.17) is 0 Å². The van der Waals surface area contributed by atoms with Gasteiger partial charge in [-0.15, -0.1) is 11.3 Å². The molecule has 0 aliphatic rings. The number of hydrogen-bond acceptors (Lipinski definition) is 2. The number of benzene rings is 8. The average molecular weight is 669 g/mol. The molecule has 0 radical (unpaired) electrons. The number of para-hydroxylation sites is 1. The molecule has 0 unspecified atom stereocenters. The second kappa shape index (κ2) is 12.2. The van der Waals surface area contributed by atoms with Crippen LogP contribution in [0.4, 0.5) is 17.1 Å². The van der Waals surface area contributed by atoms with Crippen molar-refractivity contribution < 1.29 is 0 Å². The Kier molecular flexibility index (Phi) is 7.04. The van der Waals surface area contributed by atoms with E-state index < -0.39 is 0 Å². The maximum absolute atomic E-state index is 2.42. The van der Waals surface area contributed by atoms with Gasteiger partial charge in [0.05, 0.1) is 11.0 Å². The molecule has 0 saturated carbocycles. The van der Waals surface area contributed by atoms with Crippen LogP contribution in [0.5, 0.6) is 0 Å². The highest BCUT2D eigenvalue weighted by atomic mass is 32.1. The molecule has 240 valence electrons. The number of aromatic nitrogens is 1. The quantitative estimate of drug-likeness (QED) is 0.171. The van der Waals surface area contributed by atoms with Crippen molar-refractivity contribution in [3.05, 3.63) is 194 Å². The molecule has 10 rings (SSSR count). The van der Waals surface area contributed by atoms with Crippen LogP contribution < -0.4 is 4.90 Å². The van der Waals surface area contributed by atoms with Crippen LogP contribution in [0.2, 0.25) is 0 Å². The monoisotopic (exact) mass is 668 g/mol. The zero-order chi connectivity index (χ0) is 33.7. The van der Waals surface area contributed by atoms with Crippen LogP contribution in [0, 0.1) is 0 Å². The van der Waals surface area contributed by atoms with Crippen LogP contribution in [-0.2, 0) is 0 Å². The van der Waals surface area contributed by atoms with Crippen LogP contribution in [0.1, 0.15) is 0 Å². The van der Waals surface area contributed by atoms with Crippen LogP contribution >= 0.6 is 11.3 Å². The number of hydrogen-bond donors (Lipinski definition) is 0. The molecule has 2 nitrogen and oxygen atoms in total. The van der Waals surface area contributed by atoms with E-state index in [9.17, 15) is 0 Å². The van der Waals surface area contributed by atoms with E-state index in [1.165, 1.54) is 64.2 Å². The third-order valence-electron chi connectivity index (χ3n) is 10.0. The lowest BCUT2D eigenvalue weighted by molar-refractivity contribution is 1.17. The SMILES string of the molecule is c1ccc(-c2ccc(N(c3ccc(-c4ccccc4)cc3)c3ccc(-n4c5ccccc5c5c6sc7ccccc7c6ccc54)cc3)cc2)cc1. The predicted molar refractivity (Wildman–Crippen MR) is 219 cm³/mol. The molecular weight excluding hydrogens is 637 g/mol. The van der Waals surface area contributed by atoms with Crippen molar-refractivity contribution in [1.29, 1.82) is 0 Å². The average Bonchev–Trinajstić information content (AvgIpc) is 3.75. The Hall–Kier alpha value is -6.42. The van der Waals surface area contributed by atoms with Crippen molar-refractivity contribution in [3.8, 4) is 27.9 Å². The summed E-state index contributed by atoms with van der Waals surface area (Å²) in [5, 5.41) is 5.27. The molecule has 0 spiro atoms. The molecule has 0 amide bonds. The highest BCUT2D eigenvalue weighted by Crippen LogP contribution is 2.44. The summed E-state index contributed by atoms with van der Waals surface area (Å²) < 4.78 is 5.10. The molecule has 0 fully saturated rings. The van der Waals surface area contributed by atoms with Crippen molar-refractivity contribution in [2.24, 2.45) is 0 Å². The largest absolute Gasteiger partial charge is 0.311 e. The summed E-state index contributed by atoms with van der Waals surface area (Å²) in [4.78, 5) is 2.35. The van der Waals surface area contributed by atoms with E-state index in [-0.39, 0.29) is 0 Å². The van der Waals surface area contributed by atoms with E-state index in [0.29, 0.717) is 0 Å². The summed E-state index contributed by atoms with van der Waals surface area (Å²) in [6.07, 6.45) is 0. The highest BCUT2D eigenvalue weighted by molar-refractivity contribution is 7.26. The Labute approximate surface area is 300 Å². The van der Waals surface area contributed by atoms with Gasteiger partial charge in [0.25, 0.3) is 0 Å². The van der Waals surface area contributed by atoms with E-state index in [0.717, 1.165) is 22.7 Å². The second-order valence-electron chi connectivity index (χ2n) is 13.0. The zero-order valence-electron chi connectivity index (χ0n) is 27.8. The first kappa shape index (κ1) is 29.5. The van der Waals surface area contributed by atoms with Gasteiger partial charge in [0.15, 0.2) is 0 Å². The fourth-order valence-electron chi connectivity index (χ4n) is 7.58. The lowest BCUT2D eigenvalue weighted by atomic mass is 10.0. The van der Waals surface area contributed by atoms with Gasteiger partial charge in [-0.2, -0.15) is 0 Å². The van der Waals surface area contributed by atoms with E-state index in [1.807, 2.05) is 11.3 Å². The molecule has 10 aromatic rings. The molecule has 2 heterocycles. The summed E-state index contributed by atoms with van der Waals surface area (Å²) in [6.45, 7) is 0. The number of fused-ring (bicyclic) bond motifs is 7. The molecule has 0 saturated heterocycles. The summed E-state index contributed by atoms with van der Waals surface area (Å²) in [5.41, 5.74) is 11.7. The Morgan fingerprint density at radius 1 is 0.353 bits per heavy atom. The highest BCUT2D eigenvalue weighted by Gasteiger charge is 2.18. The first-order valence-corrected chi connectivity index (χ1v) is 18.2. The molecule has 3 heteroatoms. The van der Waals surface area contributed by atoms with Gasteiger partial charge >= 0.3 is 0 Å². The van der Waals surface area contributed by atoms with Gasteiger partial charge in [-0.05, 0) is 89.0 Å². The summed E-state index contributed by atoms with van der Waals surface area (Å²) in [5.74, 6) is 0. The minimum atomic E-state index is 1.10. The lowest BCUT2D eigenvalue weighted by Crippen LogP contribution is -2.10. The van der Waals surface area contributed by atoms with Crippen molar-refractivity contribution in [3.63, 3.8) is 0 Å². The van der Waals surface area contributed by atoms with E-state index >= 15 is 0 Å². The molecule has 0 aliphatic heterocycles. The molecule has 8 aromatic carbocycles. The maximum Gasteiger partial charge on any atom is 0.0555 e. The molecular formula is C48H32N2S. The summed E-state index contributed by atoms with van der Waals surface area (Å²) >= 11 is 1.90. The predicted octanol–water partition coefficient (Wildman–Crippen LogP) is 14.0. The van der Waals surface area contributed by atoms with Gasteiger partial charge in [-0.25, -0.2) is 0 Å². The number of thiophene rings is 1. The fourth-order valence-corrected chi connectivity index (χ4v) is 8.84. The molecule has 0 bridgehead atoms. The van der Waals surface area contributed by atoms with Crippen molar-refractivity contribution in [2.45, 2.75) is 0 Å². The minimum absolute atomic E-state index is 1.10. The van der Waals surface area contributed by atoms with Gasteiger partial charge in [-0.1, -0.05) is 127 Å². The second-order valence-corrected chi connectivity index (χ2v) is 14.0. The topological polar surface area (TPSA) is 8.17 Å². The molecule has 51 heavy (non-hydrogen) atoms.